The summed E-state index contributed by atoms with van der Waals surface area (Å²) in [4.78, 5) is 7.65. The number of hydrogen-bond acceptors (Lipinski definition) is 0. The minimum absolute atomic E-state index is 0.0309. The summed E-state index contributed by atoms with van der Waals surface area (Å²) in [7, 11) is 3.42. The van der Waals surface area contributed by atoms with Gasteiger partial charge in [-0.25, -0.2) is 0 Å². The summed E-state index contributed by atoms with van der Waals surface area (Å²) in [6.07, 6.45) is 3.16. The van der Waals surface area contributed by atoms with Crippen LogP contribution in [-0.4, -0.2) is 22.6 Å². The van der Waals surface area contributed by atoms with Crippen LogP contribution < -0.4 is 0 Å². The molecule has 0 bridgehead atoms. The monoisotopic (exact) mass is 522 g/mol. The van der Waals surface area contributed by atoms with Gasteiger partial charge in [0, 0.05) is 0 Å². The van der Waals surface area contributed by atoms with E-state index in [2.05, 4.69) is 102 Å². The fourth-order valence-electron chi connectivity index (χ4n) is 24.7. The molecular weight excluding hydrogens is 478 g/mol. The molecule has 10 saturated heterocycles. The van der Waals surface area contributed by atoms with Crippen LogP contribution >= 0.6 is 17.2 Å². The summed E-state index contributed by atoms with van der Waals surface area (Å²) in [5, 5.41) is 0.909. The molecule has 1 aromatic carbocycles. The molecule has 0 amide bonds. The van der Waals surface area contributed by atoms with Crippen LogP contribution in [0.5, 0.6) is 0 Å². The Labute approximate surface area is 195 Å². The minimum atomic E-state index is -3.97. The number of fused-ring (bicyclic) bond motifs is 10. The van der Waals surface area contributed by atoms with E-state index in [1.54, 1.807) is 6.16 Å². The van der Waals surface area contributed by atoms with Gasteiger partial charge in [0.25, 0.3) is 0 Å². The molecule has 10 aliphatic heterocycles. The third-order valence-corrected chi connectivity index (χ3v) is 71.1. The van der Waals surface area contributed by atoms with Gasteiger partial charge in [0.2, 0.25) is 0 Å². The zero-order chi connectivity index (χ0) is 23.4. The van der Waals surface area contributed by atoms with Crippen molar-refractivity contribution in [3.8, 4) is 0 Å². The van der Waals surface area contributed by atoms with Crippen molar-refractivity contribution in [2.45, 2.75) is 119 Å². The third kappa shape index (κ3) is 0.345. The maximum absolute atomic E-state index is 3.97. The van der Waals surface area contributed by atoms with Crippen LogP contribution in [-0.2, 0) is 10.8 Å². The fourth-order valence-corrected chi connectivity index (χ4v) is 120. The predicted octanol–water partition coefficient (Wildman–Crippen LogP) is 9.59. The molecule has 1 aromatic rings. The first-order valence-electron chi connectivity index (χ1n) is 13.7. The van der Waals surface area contributed by atoms with Gasteiger partial charge in [-0.1, -0.05) is 0 Å². The maximum atomic E-state index is 3.45. The fraction of sp³-hybridized carbons (Fsp3) is 0.800. The molecule has 10 fully saturated rings. The Hall–Kier alpha value is 0.599. The molecule has 0 N–H and O–H groups in total. The van der Waals surface area contributed by atoms with Gasteiger partial charge >= 0.3 is 196 Å². The predicted molar refractivity (Wildman–Crippen MR) is 144 cm³/mol. The number of benzene rings is 1. The second-order valence-corrected chi connectivity index (χ2v) is 46.0. The van der Waals surface area contributed by atoms with Crippen molar-refractivity contribution >= 4 is 17.2 Å². The van der Waals surface area contributed by atoms with Crippen LogP contribution in [0.2, 0.25) is 41.8 Å². The van der Waals surface area contributed by atoms with Crippen LogP contribution in [0.4, 0.5) is 0 Å². The summed E-state index contributed by atoms with van der Waals surface area (Å²) < 4.78 is 3.28. The van der Waals surface area contributed by atoms with Gasteiger partial charge in [0.1, 0.15) is 0 Å². The van der Waals surface area contributed by atoms with E-state index >= 15 is 0 Å². The molecule has 3 heteroatoms. The van der Waals surface area contributed by atoms with E-state index in [9.17, 15) is 0 Å². The van der Waals surface area contributed by atoms with Crippen LogP contribution in [0, 0.1) is 5.41 Å². The molecule has 33 heavy (non-hydrogen) atoms. The standard InChI is InChI=1S/C19H35P2.C11H9.Fe/c1-17(2,3)16-11-10-14(12-20)15(16)13-21(18(4,5)6)19(7,8)9;1-2-6-10(7-3-1)11-8-4-5-9-11;/h10-11H,12-13,20H2,1-9H3;1-9H;. The van der Waals surface area contributed by atoms with E-state index in [4.69, 9.17) is 0 Å². The second kappa shape index (κ2) is 2.31. The van der Waals surface area contributed by atoms with Crippen molar-refractivity contribution in [1.29, 1.82) is 0 Å². The van der Waals surface area contributed by atoms with Gasteiger partial charge in [0.15, 0.2) is 0 Å². The molecule has 11 rings (SSSR count). The van der Waals surface area contributed by atoms with E-state index in [0.29, 0.717) is 15.7 Å². The molecule has 0 aromatic heterocycles. The van der Waals surface area contributed by atoms with Crippen LogP contribution in [0.1, 0.15) is 67.9 Å². The van der Waals surface area contributed by atoms with Crippen molar-refractivity contribution in [2.24, 2.45) is 5.41 Å². The average Bonchev–Trinajstić information content (AvgIpc) is 3.64. The summed E-state index contributed by atoms with van der Waals surface area (Å²) in [6.45, 7) is 19.9. The van der Waals surface area contributed by atoms with Crippen molar-refractivity contribution in [1.82, 2.24) is 0 Å². The van der Waals surface area contributed by atoms with E-state index < -0.39 is 6.51 Å². The van der Waals surface area contributed by atoms with Gasteiger partial charge < -0.3 is 0 Å². The molecule has 0 radical (unpaired) electrons. The first-order valence-corrected chi connectivity index (χ1v) is 22.1. The van der Waals surface area contributed by atoms with Gasteiger partial charge in [0.05, 0.1) is 0 Å². The zero-order valence-electron chi connectivity index (χ0n) is 22.1. The Morgan fingerprint density at radius 2 is 1.36 bits per heavy atom. The summed E-state index contributed by atoms with van der Waals surface area (Å²) in [5.41, 5.74) is 2.40. The van der Waals surface area contributed by atoms with Crippen molar-refractivity contribution in [3.05, 3.63) is 35.9 Å². The zero-order valence-corrected chi connectivity index (χ0v) is 25.3. The molecule has 0 nitrogen and oxygen atoms in total. The Balaban J connectivity index is 1.31. The Morgan fingerprint density at radius 1 is 0.818 bits per heavy atom. The molecule has 1 spiro atoms. The number of rotatable bonds is 4. The first kappa shape index (κ1) is 18.8. The second-order valence-electron chi connectivity index (χ2n) is 19.0. The summed E-state index contributed by atoms with van der Waals surface area (Å²) >= 11 is 0. The van der Waals surface area contributed by atoms with Crippen LogP contribution in [0.15, 0.2) is 30.3 Å². The Morgan fingerprint density at radius 3 is 1.79 bits per heavy atom. The van der Waals surface area contributed by atoms with Crippen LogP contribution in [0.3, 0.4) is 0 Å². The quantitative estimate of drug-likeness (QED) is 0.273. The molecule has 10 aliphatic rings. The summed E-state index contributed by atoms with van der Waals surface area (Å²) in [6, 6.07) is 12.4. The normalized spacial score (nSPS) is 75.7. The third-order valence-electron chi connectivity index (χ3n) is 20.4. The van der Waals surface area contributed by atoms with E-state index in [1.807, 2.05) is 5.56 Å². The Bertz CT molecular complexity index is 1700. The molecule has 182 valence electrons. The van der Waals surface area contributed by atoms with Gasteiger partial charge in [-0.3, -0.25) is 0 Å². The first-order chi connectivity index (χ1) is 15.0. The van der Waals surface area contributed by atoms with E-state index in [-0.39, 0.29) is 7.92 Å². The number of hydrogen-bond donors (Lipinski definition) is 0. The Kier molecular flexibility index (Phi) is 1.32. The average molecular weight is 522 g/mol. The molecule has 10 atom stereocenters. The van der Waals surface area contributed by atoms with E-state index in [1.165, 1.54) is 35.1 Å². The molecular formula is C30H44FeP2. The summed E-state index contributed by atoms with van der Waals surface area (Å²) in [5.74, 6) is 0. The topological polar surface area (TPSA) is 0 Å². The van der Waals surface area contributed by atoms with Gasteiger partial charge in [-0.15, -0.1) is 0 Å². The van der Waals surface area contributed by atoms with Gasteiger partial charge in [-0.05, 0) is 0 Å². The van der Waals surface area contributed by atoms with Crippen molar-refractivity contribution < 1.29 is 6.51 Å². The van der Waals surface area contributed by atoms with Gasteiger partial charge in [-0.2, -0.15) is 0 Å². The molecule has 10 heterocycles. The van der Waals surface area contributed by atoms with Crippen molar-refractivity contribution in [3.63, 3.8) is 0 Å². The van der Waals surface area contributed by atoms with Crippen molar-refractivity contribution in [2.75, 3.05) is 12.3 Å². The molecule has 0 saturated carbocycles. The molecule has 10 unspecified atom stereocenters. The molecule has 0 aliphatic carbocycles. The SMILES string of the molecule is CC(C)(C)P(C[C]12[C]3(CP)[CH]4[CH]5[C]1(C(C)(C)C)[Fe]45321678[CH]2[CH]1[CH]6[C]7(c1ccccc1)[CH]28)C(C)(C)C. The van der Waals surface area contributed by atoms with E-state index in [0.717, 1.165) is 17.3 Å². The van der Waals surface area contributed by atoms with Crippen LogP contribution in [0.25, 0.3) is 0 Å².